The number of amides is 1. The summed E-state index contributed by atoms with van der Waals surface area (Å²) in [5.41, 5.74) is 6.00. The van der Waals surface area contributed by atoms with Gasteiger partial charge < -0.3 is 15.4 Å². The van der Waals surface area contributed by atoms with Gasteiger partial charge in [-0.05, 0) is 18.1 Å². The summed E-state index contributed by atoms with van der Waals surface area (Å²) in [5.74, 6) is -0.917. The SMILES string of the molecule is CCOC(=O)N1CC=C2C(C1)C(c1cc[nH+]cc1)C(C#N)=C(N)C2(C#N)C#N. The Balaban J connectivity index is 2.21. The van der Waals surface area contributed by atoms with E-state index in [-0.39, 0.29) is 31.0 Å². The van der Waals surface area contributed by atoms with Gasteiger partial charge in [0.1, 0.15) is 0 Å². The highest BCUT2D eigenvalue weighted by Gasteiger charge is 2.53. The van der Waals surface area contributed by atoms with Gasteiger partial charge in [0.15, 0.2) is 12.4 Å². The topological polar surface area (TPSA) is 141 Å². The van der Waals surface area contributed by atoms with Crippen LogP contribution >= 0.6 is 0 Å². The largest absolute Gasteiger partial charge is 0.450 e. The van der Waals surface area contributed by atoms with Crippen LogP contribution in [0, 0.1) is 45.3 Å². The first-order valence-corrected chi connectivity index (χ1v) is 8.85. The molecule has 2 atom stereocenters. The van der Waals surface area contributed by atoms with Crippen LogP contribution in [0.1, 0.15) is 18.4 Å². The molecule has 2 heterocycles. The van der Waals surface area contributed by atoms with E-state index in [4.69, 9.17) is 10.5 Å². The van der Waals surface area contributed by atoms with Gasteiger partial charge in [-0.25, -0.2) is 9.78 Å². The van der Waals surface area contributed by atoms with E-state index in [2.05, 4.69) is 11.1 Å². The third-order valence-electron chi connectivity index (χ3n) is 5.27. The summed E-state index contributed by atoms with van der Waals surface area (Å²) in [6.07, 6.45) is 4.68. The number of aromatic amines is 1. The number of ether oxygens (including phenoxy) is 1. The maximum absolute atomic E-state index is 12.3. The Morgan fingerprint density at radius 3 is 2.61 bits per heavy atom. The number of aromatic nitrogens is 1. The third kappa shape index (κ3) is 2.74. The van der Waals surface area contributed by atoms with E-state index in [0.717, 1.165) is 5.56 Å². The maximum Gasteiger partial charge on any atom is 0.410 e. The Bertz CT molecular complexity index is 963. The standard InChI is InChI=1S/C20H18N6O2/c1-2-28-19(27)26-8-5-16-15(10-26)17(13-3-6-25-7-4-13)14(9-21)18(24)20(16,11-22)12-23/h3-7,15,17H,2,8,10,24H2,1H3/p+1. The van der Waals surface area contributed by atoms with Crippen molar-refractivity contribution in [1.29, 1.82) is 15.8 Å². The Morgan fingerprint density at radius 2 is 2.04 bits per heavy atom. The first-order valence-electron chi connectivity index (χ1n) is 8.85. The van der Waals surface area contributed by atoms with Crippen LogP contribution in [0.3, 0.4) is 0 Å². The molecule has 28 heavy (non-hydrogen) atoms. The molecule has 2 aliphatic rings. The average Bonchev–Trinajstić information content (AvgIpc) is 2.74. The van der Waals surface area contributed by atoms with Gasteiger partial charge in [-0.3, -0.25) is 0 Å². The zero-order valence-electron chi connectivity index (χ0n) is 15.3. The number of carbonyl (C=O) groups is 1. The van der Waals surface area contributed by atoms with E-state index in [0.29, 0.717) is 5.57 Å². The molecule has 8 heteroatoms. The van der Waals surface area contributed by atoms with Crippen LogP contribution in [0.25, 0.3) is 0 Å². The quantitative estimate of drug-likeness (QED) is 0.774. The highest BCUT2D eigenvalue weighted by atomic mass is 16.6. The lowest BCUT2D eigenvalue weighted by molar-refractivity contribution is -0.378. The molecule has 0 spiro atoms. The van der Waals surface area contributed by atoms with Crippen LogP contribution in [0.5, 0.6) is 0 Å². The van der Waals surface area contributed by atoms with Gasteiger partial charge in [-0.15, -0.1) is 0 Å². The van der Waals surface area contributed by atoms with Crippen LogP contribution in [-0.2, 0) is 4.74 Å². The van der Waals surface area contributed by atoms with Gasteiger partial charge in [0.2, 0.25) is 5.41 Å². The molecule has 0 aromatic carbocycles. The minimum atomic E-state index is -1.71. The molecule has 1 amide bonds. The van der Waals surface area contributed by atoms with Crippen LogP contribution in [0.4, 0.5) is 4.79 Å². The van der Waals surface area contributed by atoms with Gasteiger partial charge >= 0.3 is 6.09 Å². The number of hydrogen-bond acceptors (Lipinski definition) is 6. The number of allylic oxidation sites excluding steroid dienone is 2. The molecule has 0 bridgehead atoms. The molecule has 1 aliphatic carbocycles. The number of nitriles is 3. The van der Waals surface area contributed by atoms with Crippen molar-refractivity contribution in [3.63, 3.8) is 0 Å². The van der Waals surface area contributed by atoms with Gasteiger partial charge in [0, 0.05) is 37.1 Å². The van der Waals surface area contributed by atoms with Crippen molar-refractivity contribution < 1.29 is 14.5 Å². The number of pyridine rings is 1. The number of hydrogen-bond donors (Lipinski definition) is 1. The number of rotatable bonds is 2. The molecule has 0 radical (unpaired) electrons. The summed E-state index contributed by atoms with van der Waals surface area (Å²) in [6, 6.07) is 9.79. The second kappa shape index (κ2) is 7.42. The second-order valence-corrected chi connectivity index (χ2v) is 6.59. The predicted molar refractivity (Wildman–Crippen MR) is 96.4 cm³/mol. The highest BCUT2D eigenvalue weighted by molar-refractivity contribution is 5.69. The van der Waals surface area contributed by atoms with Gasteiger partial charge in [-0.1, -0.05) is 6.08 Å². The lowest BCUT2D eigenvalue weighted by Gasteiger charge is -2.44. The van der Waals surface area contributed by atoms with Crippen molar-refractivity contribution in [3.05, 3.63) is 53.0 Å². The van der Waals surface area contributed by atoms with E-state index >= 15 is 0 Å². The highest BCUT2D eigenvalue weighted by Crippen LogP contribution is 2.52. The first-order chi connectivity index (χ1) is 13.5. The molecule has 1 aromatic heterocycles. The molecular weight excluding hydrogens is 356 g/mol. The molecule has 0 saturated heterocycles. The smallest absolute Gasteiger partial charge is 0.410 e. The van der Waals surface area contributed by atoms with Crippen LogP contribution in [0.15, 0.2) is 47.4 Å². The lowest BCUT2D eigenvalue weighted by Crippen LogP contribution is -2.48. The van der Waals surface area contributed by atoms with E-state index in [1.807, 2.05) is 24.3 Å². The molecule has 1 aliphatic heterocycles. The fraction of sp³-hybridized carbons (Fsp3) is 0.350. The minimum Gasteiger partial charge on any atom is -0.450 e. The molecule has 8 nitrogen and oxygen atoms in total. The zero-order chi connectivity index (χ0) is 20.3. The number of fused-ring (bicyclic) bond motifs is 1. The van der Waals surface area contributed by atoms with Crippen LogP contribution in [0.2, 0.25) is 0 Å². The van der Waals surface area contributed by atoms with Crippen LogP contribution in [-0.4, -0.2) is 30.7 Å². The lowest BCUT2D eigenvalue weighted by atomic mass is 9.60. The van der Waals surface area contributed by atoms with Crippen molar-refractivity contribution in [2.24, 2.45) is 17.1 Å². The molecule has 0 fully saturated rings. The van der Waals surface area contributed by atoms with Crippen molar-refractivity contribution >= 4 is 6.09 Å². The summed E-state index contributed by atoms with van der Waals surface area (Å²) in [7, 11) is 0. The monoisotopic (exact) mass is 375 g/mol. The van der Waals surface area contributed by atoms with E-state index in [9.17, 15) is 20.6 Å². The average molecular weight is 375 g/mol. The summed E-state index contributed by atoms with van der Waals surface area (Å²) >= 11 is 0. The Hall–Kier alpha value is -3.83. The van der Waals surface area contributed by atoms with E-state index in [1.165, 1.54) is 4.90 Å². The number of nitrogens with zero attached hydrogens (tertiary/aromatic N) is 4. The number of carbonyl (C=O) groups excluding carboxylic acids is 1. The summed E-state index contributed by atoms with van der Waals surface area (Å²) in [4.78, 5) is 16.7. The summed E-state index contributed by atoms with van der Waals surface area (Å²) in [6.45, 7) is 2.39. The maximum atomic E-state index is 12.3. The van der Waals surface area contributed by atoms with E-state index < -0.39 is 23.3 Å². The first kappa shape index (κ1) is 18.9. The van der Waals surface area contributed by atoms with Gasteiger partial charge in [0.05, 0.1) is 36.1 Å². The predicted octanol–water partition coefficient (Wildman–Crippen LogP) is 1.38. The molecule has 3 rings (SSSR count). The number of H-pyrrole nitrogens is 1. The van der Waals surface area contributed by atoms with Crippen molar-refractivity contribution in [1.82, 2.24) is 4.90 Å². The summed E-state index contributed by atoms with van der Waals surface area (Å²) in [5, 5.41) is 29.5. The molecule has 1 aromatic rings. The molecule has 2 unspecified atom stereocenters. The third-order valence-corrected chi connectivity index (χ3v) is 5.27. The minimum absolute atomic E-state index is 0.0371. The number of nitrogens with one attached hydrogen (secondary N) is 1. The summed E-state index contributed by atoms with van der Waals surface area (Å²) < 4.78 is 5.10. The number of nitrogens with two attached hydrogens (primary N) is 1. The van der Waals surface area contributed by atoms with Crippen molar-refractivity contribution in [3.8, 4) is 18.2 Å². The van der Waals surface area contributed by atoms with Crippen LogP contribution < -0.4 is 10.7 Å². The van der Waals surface area contributed by atoms with Gasteiger partial charge in [0.25, 0.3) is 0 Å². The second-order valence-electron chi connectivity index (χ2n) is 6.59. The van der Waals surface area contributed by atoms with Crippen molar-refractivity contribution in [2.45, 2.75) is 12.8 Å². The molecule has 3 N–H and O–H groups in total. The zero-order valence-corrected chi connectivity index (χ0v) is 15.3. The Kier molecular flexibility index (Phi) is 5.02. The van der Waals surface area contributed by atoms with Gasteiger partial charge in [-0.2, -0.15) is 15.8 Å². The van der Waals surface area contributed by atoms with Crippen molar-refractivity contribution in [2.75, 3.05) is 19.7 Å². The molecule has 0 saturated carbocycles. The molecular formula is C20H19N6O2+. The molecule has 140 valence electrons. The Labute approximate surface area is 162 Å². The fourth-order valence-electron chi connectivity index (χ4n) is 3.99. The van der Waals surface area contributed by atoms with E-state index in [1.54, 1.807) is 25.4 Å². The fourth-order valence-corrected chi connectivity index (χ4v) is 3.99. The Morgan fingerprint density at radius 1 is 1.36 bits per heavy atom. The normalized spacial score (nSPS) is 22.8.